The van der Waals surface area contributed by atoms with Gasteiger partial charge in [-0.15, -0.1) is 0 Å². The van der Waals surface area contributed by atoms with Crippen LogP contribution in [-0.2, 0) is 25.2 Å². The van der Waals surface area contributed by atoms with Crippen LogP contribution in [0.2, 0.25) is 0 Å². The molecule has 0 fully saturated rings. The van der Waals surface area contributed by atoms with Gasteiger partial charge in [-0.25, -0.2) is 12.7 Å². The summed E-state index contributed by atoms with van der Waals surface area (Å²) in [6.07, 6.45) is 0. The van der Waals surface area contributed by atoms with Crippen molar-refractivity contribution in [1.29, 1.82) is 0 Å². The van der Waals surface area contributed by atoms with Gasteiger partial charge in [0, 0.05) is 12.6 Å². The lowest BCUT2D eigenvalue weighted by molar-refractivity contribution is -0.132. The molecule has 6 nitrogen and oxygen atoms in total. The van der Waals surface area contributed by atoms with Gasteiger partial charge >= 0.3 is 0 Å². The number of benzene rings is 2. The molecule has 2 aromatic rings. The first kappa shape index (κ1) is 17.3. The van der Waals surface area contributed by atoms with Crippen LogP contribution in [0.1, 0.15) is 19.4 Å². The summed E-state index contributed by atoms with van der Waals surface area (Å²) >= 11 is 0. The second-order valence-electron chi connectivity index (χ2n) is 6.05. The van der Waals surface area contributed by atoms with E-state index < -0.39 is 27.2 Å². The lowest BCUT2D eigenvalue weighted by Gasteiger charge is -2.26. The Kier molecular flexibility index (Phi) is 3.99. The van der Waals surface area contributed by atoms with E-state index in [1.165, 1.54) is 20.9 Å². The number of ether oxygens (including phenoxy) is 1. The zero-order valence-corrected chi connectivity index (χ0v) is 15.0. The lowest BCUT2D eigenvalue weighted by Crippen LogP contribution is -2.33. The minimum absolute atomic E-state index is 0.176. The van der Waals surface area contributed by atoms with Crippen molar-refractivity contribution in [2.75, 3.05) is 12.8 Å². The Morgan fingerprint density at radius 3 is 2.44 bits per heavy atom. The topological polar surface area (TPSA) is 83.9 Å². The fourth-order valence-corrected chi connectivity index (χ4v) is 3.58. The van der Waals surface area contributed by atoms with E-state index in [0.717, 1.165) is 15.1 Å². The fraction of sp³-hybridized carbons (Fsp3) is 0.278. The number of hydrogen-bond donors (Lipinski definition) is 1. The van der Waals surface area contributed by atoms with Crippen LogP contribution in [0.3, 0.4) is 0 Å². The highest BCUT2D eigenvalue weighted by Crippen LogP contribution is 2.40. The monoisotopic (exact) mass is 361 g/mol. The van der Waals surface area contributed by atoms with Crippen molar-refractivity contribution in [1.82, 2.24) is 4.31 Å². The van der Waals surface area contributed by atoms with Gasteiger partial charge in [0.25, 0.3) is 11.7 Å². The van der Waals surface area contributed by atoms with Crippen molar-refractivity contribution in [3.63, 3.8) is 0 Å². The molecular weight excluding hydrogens is 342 g/mol. The number of hydrogen-bond acceptors (Lipinski definition) is 5. The van der Waals surface area contributed by atoms with Gasteiger partial charge in [-0.05, 0) is 30.7 Å². The Labute approximate surface area is 146 Å². The number of carbonyl (C=O) groups is 1. The van der Waals surface area contributed by atoms with E-state index in [2.05, 4.69) is 0 Å². The summed E-state index contributed by atoms with van der Waals surface area (Å²) in [5.74, 6) is -1.88. The number of carbonyl (C=O) groups excluding carboxylic acids is 1. The number of ketones is 1. The second kappa shape index (κ2) is 5.77. The maximum absolute atomic E-state index is 12.6. The van der Waals surface area contributed by atoms with Crippen LogP contribution in [0.5, 0.6) is 0 Å². The van der Waals surface area contributed by atoms with E-state index in [4.69, 9.17) is 4.74 Å². The molecule has 0 spiro atoms. The van der Waals surface area contributed by atoms with Gasteiger partial charge in [-0.2, -0.15) is 0 Å². The average molecular weight is 361 g/mol. The number of aliphatic hydroxyl groups excluding tert-OH is 1. The Morgan fingerprint density at radius 2 is 1.80 bits per heavy atom. The SMILES string of the molecule is CCS(=O)(=O)N(C)C1=C(O)C(=O)C(C)(c2ccc3ccccc3c2)O1. The van der Waals surface area contributed by atoms with E-state index >= 15 is 0 Å². The van der Waals surface area contributed by atoms with E-state index in [-0.39, 0.29) is 11.6 Å². The molecule has 1 aliphatic rings. The summed E-state index contributed by atoms with van der Waals surface area (Å²) in [6, 6.07) is 13.0. The third-order valence-corrected chi connectivity index (χ3v) is 6.25. The highest BCUT2D eigenvalue weighted by atomic mass is 32.2. The molecule has 0 aromatic heterocycles. The average Bonchev–Trinajstić information content (AvgIpc) is 2.85. The standard InChI is InChI=1S/C18H19NO5S/c1-4-25(22,23)19(3)17-15(20)16(21)18(2,24-17)14-10-9-12-7-5-6-8-13(12)11-14/h5-11,20H,4H2,1-3H3. The van der Waals surface area contributed by atoms with Gasteiger partial charge in [-0.3, -0.25) is 4.79 Å². The molecule has 3 rings (SSSR count). The van der Waals surface area contributed by atoms with Crippen LogP contribution in [0.4, 0.5) is 0 Å². The molecule has 0 bridgehead atoms. The third-order valence-electron chi connectivity index (χ3n) is 4.52. The molecule has 1 unspecified atom stereocenters. The van der Waals surface area contributed by atoms with Gasteiger partial charge < -0.3 is 9.84 Å². The van der Waals surface area contributed by atoms with E-state index in [1.54, 1.807) is 12.1 Å². The smallest absolute Gasteiger partial charge is 0.251 e. The summed E-state index contributed by atoms with van der Waals surface area (Å²) in [7, 11) is -2.41. The molecule has 0 aliphatic carbocycles. The van der Waals surface area contributed by atoms with Crippen molar-refractivity contribution >= 4 is 26.6 Å². The lowest BCUT2D eigenvalue weighted by atomic mass is 9.90. The Morgan fingerprint density at radius 1 is 1.16 bits per heavy atom. The predicted molar refractivity (Wildman–Crippen MR) is 94.3 cm³/mol. The molecule has 7 heteroatoms. The maximum Gasteiger partial charge on any atom is 0.251 e. The van der Waals surface area contributed by atoms with Crippen LogP contribution in [0.25, 0.3) is 10.8 Å². The molecule has 0 saturated heterocycles. The van der Waals surface area contributed by atoms with Crippen LogP contribution in [0, 0.1) is 0 Å². The number of nitrogens with zero attached hydrogens (tertiary/aromatic N) is 1. The van der Waals surface area contributed by atoms with Crippen molar-refractivity contribution in [2.24, 2.45) is 0 Å². The van der Waals surface area contributed by atoms with Crippen LogP contribution in [-0.4, -0.2) is 36.4 Å². The third kappa shape index (κ3) is 2.64. The zero-order chi connectivity index (χ0) is 18.4. The first-order valence-electron chi connectivity index (χ1n) is 7.83. The van der Waals surface area contributed by atoms with Gasteiger partial charge in [-0.1, -0.05) is 36.4 Å². The summed E-state index contributed by atoms with van der Waals surface area (Å²) < 4.78 is 30.6. The van der Waals surface area contributed by atoms with Crippen LogP contribution < -0.4 is 0 Å². The number of fused-ring (bicyclic) bond motifs is 1. The molecule has 1 N–H and O–H groups in total. The van der Waals surface area contributed by atoms with Gasteiger partial charge in [0.15, 0.2) is 5.60 Å². The highest BCUT2D eigenvalue weighted by molar-refractivity contribution is 7.89. The molecule has 0 saturated carbocycles. The van der Waals surface area contributed by atoms with E-state index in [9.17, 15) is 18.3 Å². The van der Waals surface area contributed by atoms with Crippen LogP contribution in [0.15, 0.2) is 54.1 Å². The maximum atomic E-state index is 12.6. The number of rotatable bonds is 4. The largest absolute Gasteiger partial charge is 0.501 e. The van der Waals surface area contributed by atoms with Crippen molar-refractivity contribution in [3.8, 4) is 0 Å². The first-order chi connectivity index (χ1) is 11.7. The number of Topliss-reactive ketones (excluding diaryl/α,β-unsaturated/α-hetero) is 1. The molecule has 0 radical (unpaired) electrons. The Hall–Kier alpha value is -2.54. The van der Waals surface area contributed by atoms with E-state index in [1.807, 2.05) is 30.3 Å². The van der Waals surface area contributed by atoms with E-state index in [0.29, 0.717) is 5.56 Å². The molecule has 2 aromatic carbocycles. The molecule has 132 valence electrons. The Bertz CT molecular complexity index is 995. The quantitative estimate of drug-likeness (QED) is 0.905. The number of sulfonamides is 1. The van der Waals surface area contributed by atoms with Crippen molar-refractivity contribution in [3.05, 3.63) is 59.7 Å². The zero-order valence-electron chi connectivity index (χ0n) is 14.2. The Balaban J connectivity index is 2.04. The molecule has 25 heavy (non-hydrogen) atoms. The summed E-state index contributed by atoms with van der Waals surface area (Å²) in [5, 5.41) is 12.1. The summed E-state index contributed by atoms with van der Waals surface area (Å²) in [5.41, 5.74) is -0.943. The summed E-state index contributed by atoms with van der Waals surface area (Å²) in [6.45, 7) is 3.00. The molecule has 1 aliphatic heterocycles. The highest BCUT2D eigenvalue weighted by Gasteiger charge is 2.50. The minimum atomic E-state index is -3.67. The molecule has 0 amide bonds. The minimum Gasteiger partial charge on any atom is -0.501 e. The van der Waals surface area contributed by atoms with Gasteiger partial charge in [0.2, 0.25) is 15.8 Å². The van der Waals surface area contributed by atoms with Crippen molar-refractivity contribution in [2.45, 2.75) is 19.4 Å². The second-order valence-corrected chi connectivity index (χ2v) is 8.34. The fourth-order valence-electron chi connectivity index (χ4n) is 2.82. The number of aliphatic hydroxyl groups is 1. The normalized spacial score (nSPS) is 20.8. The van der Waals surface area contributed by atoms with Crippen LogP contribution >= 0.6 is 0 Å². The molecular formula is C18H19NO5S. The van der Waals surface area contributed by atoms with Gasteiger partial charge in [0.1, 0.15) is 0 Å². The molecule has 1 heterocycles. The molecule has 1 atom stereocenters. The van der Waals surface area contributed by atoms with Crippen molar-refractivity contribution < 1.29 is 23.1 Å². The first-order valence-corrected chi connectivity index (χ1v) is 9.44. The van der Waals surface area contributed by atoms with Gasteiger partial charge in [0.05, 0.1) is 5.75 Å². The summed E-state index contributed by atoms with van der Waals surface area (Å²) in [4.78, 5) is 12.6. The predicted octanol–water partition coefficient (Wildman–Crippen LogP) is 2.66.